The van der Waals surface area contributed by atoms with Crippen LogP contribution in [0, 0.1) is 0 Å². The highest BCUT2D eigenvalue weighted by Gasteiger charge is 2.13. The minimum Gasteiger partial charge on any atom is -0.386 e. The van der Waals surface area contributed by atoms with Gasteiger partial charge in [0.25, 0.3) is 0 Å². The molecule has 5 aromatic rings. The molecule has 4 aromatic carbocycles. The molecule has 2 atom stereocenters. The zero-order valence-electron chi connectivity index (χ0n) is 27.4. The standard InChI is InChI=1S/C36H31N3S.C3H8.C3H6/c1-24(26-13-9-14-27(22-26)29-17-10-12-25-11-3-4-15-28(25)29)21-35-36(30-16-5-8-20-34(30)40-35)33(38-2)23-39-32-19-7-6-18-31(32)37;2*1-3-2/h3-23,31-32,38H,1,37H2,2H3;3H2,1-2H3;3H,1H2,2H3/b35-21+,36-33-,39-23?;;. The summed E-state index contributed by atoms with van der Waals surface area (Å²) in [4.78, 5) is 4.83. The molecule has 3 N–H and O–H groups in total. The van der Waals surface area contributed by atoms with Gasteiger partial charge < -0.3 is 11.1 Å². The number of rotatable bonds is 6. The molecule has 0 amide bonds. The highest BCUT2D eigenvalue weighted by Crippen LogP contribution is 2.30. The number of allylic oxidation sites excluding steroid dienone is 4. The summed E-state index contributed by atoms with van der Waals surface area (Å²) in [6.07, 6.45) is 15.1. The average molecular weight is 624 g/mol. The van der Waals surface area contributed by atoms with Gasteiger partial charge in [-0.3, -0.25) is 4.99 Å². The Morgan fingerprint density at radius 1 is 0.913 bits per heavy atom. The van der Waals surface area contributed by atoms with Crippen molar-refractivity contribution >= 4 is 55.8 Å². The SMILES string of the molecule is C=C(/C=c1/sc2ccccc2/c1=C(\C=NC1C=CC=CC1N)NC)c1cccc(-c2cccc3ccccc23)c1.C=CC.CCC. The van der Waals surface area contributed by atoms with Crippen LogP contribution in [0.4, 0.5) is 0 Å². The van der Waals surface area contributed by atoms with Gasteiger partial charge >= 0.3 is 0 Å². The topological polar surface area (TPSA) is 50.4 Å². The quantitative estimate of drug-likeness (QED) is 0.146. The lowest BCUT2D eigenvalue weighted by Crippen LogP contribution is -2.32. The predicted octanol–water partition coefficient (Wildman–Crippen LogP) is 9.04. The van der Waals surface area contributed by atoms with Gasteiger partial charge in [-0.15, -0.1) is 17.9 Å². The van der Waals surface area contributed by atoms with Crippen molar-refractivity contribution in [3.8, 4) is 11.1 Å². The molecule has 1 heterocycles. The number of benzene rings is 4. The van der Waals surface area contributed by atoms with E-state index in [1.54, 1.807) is 17.4 Å². The second-order valence-electron chi connectivity index (χ2n) is 11.0. The Balaban J connectivity index is 0.000000744. The van der Waals surface area contributed by atoms with Crippen molar-refractivity contribution in [3.63, 3.8) is 0 Å². The molecule has 46 heavy (non-hydrogen) atoms. The third-order valence-electron chi connectivity index (χ3n) is 7.32. The van der Waals surface area contributed by atoms with Gasteiger partial charge in [0, 0.05) is 39.1 Å². The molecule has 0 bridgehead atoms. The van der Waals surface area contributed by atoms with Crippen LogP contribution in [0.15, 0.2) is 140 Å². The first-order chi connectivity index (χ1) is 22.4. The van der Waals surface area contributed by atoms with Gasteiger partial charge in [-0.1, -0.05) is 136 Å². The lowest BCUT2D eigenvalue weighted by Gasteiger charge is -2.15. The summed E-state index contributed by atoms with van der Waals surface area (Å²) in [6, 6.07) is 31.9. The smallest absolute Gasteiger partial charge is 0.0870 e. The molecule has 4 heteroatoms. The lowest BCUT2D eigenvalue weighted by molar-refractivity contribution is 0.704. The van der Waals surface area contributed by atoms with E-state index in [2.05, 4.69) is 129 Å². The van der Waals surface area contributed by atoms with Crippen molar-refractivity contribution in [2.45, 2.75) is 39.3 Å². The number of thiophene rings is 1. The Morgan fingerprint density at radius 2 is 1.57 bits per heavy atom. The zero-order valence-corrected chi connectivity index (χ0v) is 28.2. The van der Waals surface area contributed by atoms with Gasteiger partial charge in [-0.25, -0.2) is 0 Å². The van der Waals surface area contributed by atoms with Crippen LogP contribution in [0.1, 0.15) is 32.8 Å². The van der Waals surface area contributed by atoms with Crippen molar-refractivity contribution in [3.05, 3.63) is 150 Å². The number of fused-ring (bicyclic) bond motifs is 2. The van der Waals surface area contributed by atoms with Crippen LogP contribution >= 0.6 is 11.3 Å². The minimum atomic E-state index is -0.126. The third kappa shape index (κ3) is 8.28. The Kier molecular flexibility index (Phi) is 12.7. The fourth-order valence-corrected chi connectivity index (χ4v) is 6.41. The summed E-state index contributed by atoms with van der Waals surface area (Å²) < 4.78 is 2.36. The molecular weight excluding hydrogens is 579 g/mol. The Hall–Kier alpha value is -4.77. The highest BCUT2D eigenvalue weighted by molar-refractivity contribution is 7.17. The van der Waals surface area contributed by atoms with Gasteiger partial charge in [0.05, 0.1) is 11.7 Å². The number of hydrogen-bond acceptors (Lipinski definition) is 4. The van der Waals surface area contributed by atoms with E-state index in [1.165, 1.54) is 38.4 Å². The van der Waals surface area contributed by atoms with E-state index in [1.807, 2.05) is 44.5 Å². The molecule has 0 radical (unpaired) electrons. The maximum Gasteiger partial charge on any atom is 0.0870 e. The Morgan fingerprint density at radius 3 is 2.30 bits per heavy atom. The molecule has 6 rings (SSSR count). The second-order valence-corrected chi connectivity index (χ2v) is 12.1. The second kappa shape index (κ2) is 17.1. The molecule has 1 aliphatic rings. The summed E-state index contributed by atoms with van der Waals surface area (Å²) in [6.45, 7) is 14.0. The maximum absolute atomic E-state index is 6.26. The van der Waals surface area contributed by atoms with E-state index in [0.717, 1.165) is 26.6 Å². The third-order valence-corrected chi connectivity index (χ3v) is 8.44. The van der Waals surface area contributed by atoms with Crippen LogP contribution in [-0.2, 0) is 0 Å². The van der Waals surface area contributed by atoms with E-state index >= 15 is 0 Å². The summed E-state index contributed by atoms with van der Waals surface area (Å²) in [5.74, 6) is 0. The number of nitrogens with zero attached hydrogens (tertiary/aromatic N) is 1. The molecular formula is C42H45N3S. The first kappa shape index (κ1) is 34.1. The Labute approximate surface area is 278 Å². The normalized spacial score (nSPS) is 16.4. The van der Waals surface area contributed by atoms with Gasteiger partial charge in [0.2, 0.25) is 0 Å². The fraction of sp³-hybridized carbons (Fsp3) is 0.167. The van der Waals surface area contributed by atoms with Crippen LogP contribution in [-0.4, -0.2) is 25.3 Å². The average Bonchev–Trinajstić information content (AvgIpc) is 3.44. The zero-order chi connectivity index (χ0) is 32.9. The van der Waals surface area contributed by atoms with Crippen LogP contribution in [0.5, 0.6) is 0 Å². The minimum absolute atomic E-state index is 0.0857. The molecule has 2 unspecified atom stereocenters. The maximum atomic E-state index is 6.26. The van der Waals surface area contributed by atoms with Crippen LogP contribution < -0.4 is 20.8 Å². The van der Waals surface area contributed by atoms with E-state index in [9.17, 15) is 0 Å². The van der Waals surface area contributed by atoms with E-state index in [4.69, 9.17) is 10.7 Å². The largest absolute Gasteiger partial charge is 0.386 e. The number of nitrogens with two attached hydrogens (primary N) is 1. The van der Waals surface area contributed by atoms with Crippen LogP contribution in [0.3, 0.4) is 0 Å². The van der Waals surface area contributed by atoms with E-state index < -0.39 is 0 Å². The molecule has 1 aliphatic carbocycles. The van der Waals surface area contributed by atoms with Gasteiger partial charge in [-0.05, 0) is 58.2 Å². The van der Waals surface area contributed by atoms with Gasteiger partial charge in [-0.2, -0.15) is 0 Å². The van der Waals surface area contributed by atoms with Gasteiger partial charge in [0.1, 0.15) is 0 Å². The molecule has 1 aromatic heterocycles. The van der Waals surface area contributed by atoms with Crippen molar-refractivity contribution in [2.75, 3.05) is 7.05 Å². The summed E-state index contributed by atoms with van der Waals surface area (Å²) in [5.41, 5.74) is 11.7. The predicted molar refractivity (Wildman–Crippen MR) is 207 cm³/mol. The molecule has 0 saturated carbocycles. The van der Waals surface area contributed by atoms with Crippen molar-refractivity contribution in [1.82, 2.24) is 5.32 Å². The first-order valence-corrected chi connectivity index (χ1v) is 16.7. The first-order valence-electron chi connectivity index (χ1n) is 15.8. The highest BCUT2D eigenvalue weighted by atomic mass is 32.1. The molecule has 0 saturated heterocycles. The molecule has 0 spiro atoms. The van der Waals surface area contributed by atoms with Crippen molar-refractivity contribution in [1.29, 1.82) is 0 Å². The van der Waals surface area contributed by atoms with Crippen molar-refractivity contribution in [2.24, 2.45) is 10.7 Å². The molecule has 3 nitrogen and oxygen atoms in total. The molecule has 0 aliphatic heterocycles. The Bertz CT molecular complexity index is 2000. The fourth-order valence-electron chi connectivity index (χ4n) is 5.23. The van der Waals surface area contributed by atoms with Gasteiger partial charge in [0.15, 0.2) is 0 Å². The van der Waals surface area contributed by atoms with Crippen LogP contribution in [0.25, 0.3) is 49.3 Å². The summed E-state index contributed by atoms with van der Waals surface area (Å²) in [5, 5.41) is 8.20. The monoisotopic (exact) mass is 623 g/mol. The van der Waals surface area contributed by atoms with E-state index in [-0.39, 0.29) is 12.1 Å². The number of hydrogen-bond donors (Lipinski definition) is 2. The molecule has 234 valence electrons. The van der Waals surface area contributed by atoms with Crippen molar-refractivity contribution < 1.29 is 0 Å². The molecule has 0 fully saturated rings. The summed E-state index contributed by atoms with van der Waals surface area (Å²) in [7, 11) is 1.94. The lowest BCUT2D eigenvalue weighted by atomic mass is 9.95. The summed E-state index contributed by atoms with van der Waals surface area (Å²) >= 11 is 1.77. The van der Waals surface area contributed by atoms with E-state index in [0.29, 0.717) is 0 Å². The van der Waals surface area contributed by atoms with Crippen LogP contribution in [0.2, 0.25) is 0 Å². The number of nitrogens with one attached hydrogen (secondary N) is 1. The number of aliphatic imine (C=N–C) groups is 1.